The summed E-state index contributed by atoms with van der Waals surface area (Å²) >= 11 is 0. The predicted molar refractivity (Wildman–Crippen MR) is 114 cm³/mol. The molecule has 0 unspecified atom stereocenters. The fourth-order valence-electron chi connectivity index (χ4n) is 4.16. The number of fused-ring (bicyclic) bond motifs is 1. The SMILES string of the molecule is Cc1ncc(-c2ccc3cnc(CC(=O)C4CCN(CCO)CC4)cc3c2)n1C. The standard InChI is InChI=1S/C23H28N4O2/c1-16-24-15-22(26(16)2)18-3-4-19-14-25-21(12-20(19)11-18)13-23(29)17-5-7-27(8-6-17)9-10-28/h3-4,11-12,14-15,17,28H,5-10,13H2,1-2H3. The quantitative estimate of drug-likeness (QED) is 0.698. The predicted octanol–water partition coefficient (Wildman–Crippen LogP) is 2.76. The fourth-order valence-corrected chi connectivity index (χ4v) is 4.16. The van der Waals surface area contributed by atoms with Crippen LogP contribution >= 0.6 is 0 Å². The lowest BCUT2D eigenvalue weighted by molar-refractivity contribution is -0.123. The lowest BCUT2D eigenvalue weighted by Crippen LogP contribution is -2.38. The van der Waals surface area contributed by atoms with Crippen molar-refractivity contribution in [1.82, 2.24) is 19.4 Å². The number of nitrogens with zero attached hydrogens (tertiary/aromatic N) is 4. The van der Waals surface area contributed by atoms with Gasteiger partial charge in [0, 0.05) is 48.8 Å². The fraction of sp³-hybridized carbons (Fsp3) is 0.435. The van der Waals surface area contributed by atoms with E-state index in [1.54, 1.807) is 0 Å². The van der Waals surface area contributed by atoms with E-state index in [9.17, 15) is 4.79 Å². The van der Waals surface area contributed by atoms with Crippen molar-refractivity contribution >= 4 is 16.6 Å². The highest BCUT2D eigenvalue weighted by Gasteiger charge is 2.24. The van der Waals surface area contributed by atoms with Gasteiger partial charge in [-0.15, -0.1) is 0 Å². The third-order valence-electron chi connectivity index (χ3n) is 6.11. The van der Waals surface area contributed by atoms with Gasteiger partial charge in [0.05, 0.1) is 18.5 Å². The molecule has 6 heteroatoms. The number of hydrogen-bond acceptors (Lipinski definition) is 5. The van der Waals surface area contributed by atoms with Gasteiger partial charge in [0.25, 0.3) is 0 Å². The monoisotopic (exact) mass is 392 g/mol. The van der Waals surface area contributed by atoms with Gasteiger partial charge in [-0.2, -0.15) is 0 Å². The number of piperidine rings is 1. The van der Waals surface area contributed by atoms with Crippen molar-refractivity contribution in [2.75, 3.05) is 26.2 Å². The molecule has 1 N–H and O–H groups in total. The summed E-state index contributed by atoms with van der Waals surface area (Å²) in [7, 11) is 2.02. The molecule has 3 heterocycles. The largest absolute Gasteiger partial charge is 0.395 e. The number of aryl methyl sites for hydroxylation is 1. The second kappa shape index (κ2) is 8.43. The molecule has 4 rings (SSSR count). The minimum Gasteiger partial charge on any atom is -0.395 e. The van der Waals surface area contributed by atoms with Gasteiger partial charge in [0.15, 0.2) is 0 Å². The molecule has 1 saturated heterocycles. The highest BCUT2D eigenvalue weighted by atomic mass is 16.3. The number of aliphatic hydroxyl groups is 1. The first kappa shape index (κ1) is 19.7. The molecule has 0 bridgehead atoms. The number of aromatic nitrogens is 3. The Morgan fingerprint density at radius 1 is 1.14 bits per heavy atom. The second-order valence-electron chi connectivity index (χ2n) is 7.97. The van der Waals surface area contributed by atoms with Crippen LogP contribution in [0.2, 0.25) is 0 Å². The first-order valence-electron chi connectivity index (χ1n) is 10.3. The summed E-state index contributed by atoms with van der Waals surface area (Å²) in [5, 5.41) is 11.2. The van der Waals surface area contributed by atoms with E-state index in [1.165, 1.54) is 0 Å². The second-order valence-corrected chi connectivity index (χ2v) is 7.97. The van der Waals surface area contributed by atoms with Gasteiger partial charge < -0.3 is 14.6 Å². The maximum absolute atomic E-state index is 12.8. The maximum atomic E-state index is 12.8. The minimum absolute atomic E-state index is 0.103. The molecular weight excluding hydrogens is 364 g/mol. The van der Waals surface area contributed by atoms with Gasteiger partial charge >= 0.3 is 0 Å². The lowest BCUT2D eigenvalue weighted by atomic mass is 9.90. The number of β-amino-alcohol motifs (C(OH)–C–C–N with tert-alkyl or cyclic N) is 1. The van der Waals surface area contributed by atoms with E-state index in [-0.39, 0.29) is 18.3 Å². The molecule has 2 aromatic heterocycles. The minimum atomic E-state index is 0.103. The Morgan fingerprint density at radius 2 is 1.93 bits per heavy atom. The molecule has 0 saturated carbocycles. The van der Waals surface area contributed by atoms with Crippen molar-refractivity contribution in [3.05, 3.63) is 48.2 Å². The van der Waals surface area contributed by atoms with Crippen LogP contribution < -0.4 is 0 Å². The van der Waals surface area contributed by atoms with Crippen LogP contribution in [0.15, 0.2) is 36.7 Å². The Kier molecular flexibility index (Phi) is 5.74. The number of Topliss-reactive ketones (excluding diaryl/α,β-unsaturated/α-hetero) is 1. The van der Waals surface area contributed by atoms with Crippen molar-refractivity contribution in [3.8, 4) is 11.3 Å². The van der Waals surface area contributed by atoms with E-state index in [2.05, 4.69) is 37.6 Å². The average molecular weight is 393 g/mol. The van der Waals surface area contributed by atoms with E-state index >= 15 is 0 Å². The number of ketones is 1. The highest BCUT2D eigenvalue weighted by molar-refractivity contribution is 5.88. The molecule has 1 fully saturated rings. The number of pyridine rings is 1. The molecule has 0 aliphatic carbocycles. The summed E-state index contributed by atoms with van der Waals surface area (Å²) in [4.78, 5) is 23.9. The van der Waals surface area contributed by atoms with Gasteiger partial charge in [-0.05, 0) is 50.4 Å². The van der Waals surface area contributed by atoms with Crippen LogP contribution in [-0.4, -0.2) is 56.6 Å². The molecule has 152 valence electrons. The summed E-state index contributed by atoms with van der Waals surface area (Å²) in [6.45, 7) is 4.64. The van der Waals surface area contributed by atoms with Crippen LogP contribution in [0.4, 0.5) is 0 Å². The average Bonchev–Trinajstić information content (AvgIpc) is 3.07. The number of likely N-dealkylation sites (tertiary alicyclic amines) is 1. The van der Waals surface area contributed by atoms with Crippen LogP contribution in [0.3, 0.4) is 0 Å². The van der Waals surface area contributed by atoms with Crippen LogP contribution in [-0.2, 0) is 18.3 Å². The Hall–Kier alpha value is -2.57. The summed E-state index contributed by atoms with van der Waals surface area (Å²) < 4.78 is 2.08. The first-order chi connectivity index (χ1) is 14.0. The van der Waals surface area contributed by atoms with E-state index in [1.807, 2.05) is 32.4 Å². The summed E-state index contributed by atoms with van der Waals surface area (Å²) in [6, 6.07) is 8.35. The van der Waals surface area contributed by atoms with Crippen molar-refractivity contribution in [2.45, 2.75) is 26.2 Å². The summed E-state index contributed by atoms with van der Waals surface area (Å²) in [6.07, 6.45) is 5.88. The van der Waals surface area contributed by atoms with Gasteiger partial charge in [0.1, 0.15) is 11.6 Å². The van der Waals surface area contributed by atoms with E-state index in [0.717, 1.165) is 59.5 Å². The normalized spacial score (nSPS) is 15.8. The Balaban J connectivity index is 1.49. The van der Waals surface area contributed by atoms with Gasteiger partial charge in [-0.1, -0.05) is 12.1 Å². The molecule has 1 aromatic carbocycles. The van der Waals surface area contributed by atoms with Crippen LogP contribution in [0.1, 0.15) is 24.4 Å². The molecule has 0 spiro atoms. The number of hydrogen-bond donors (Lipinski definition) is 1. The zero-order chi connectivity index (χ0) is 20.4. The summed E-state index contributed by atoms with van der Waals surface area (Å²) in [5.41, 5.74) is 3.02. The molecule has 1 aliphatic rings. The number of carbonyl (C=O) groups is 1. The molecule has 1 aliphatic heterocycles. The van der Waals surface area contributed by atoms with Gasteiger partial charge in [0.2, 0.25) is 0 Å². The molecule has 0 radical (unpaired) electrons. The summed E-state index contributed by atoms with van der Waals surface area (Å²) in [5.74, 6) is 1.36. The van der Waals surface area contributed by atoms with Crippen LogP contribution in [0.25, 0.3) is 22.0 Å². The molecule has 3 aromatic rings. The smallest absolute Gasteiger partial charge is 0.142 e. The Labute approximate surface area is 171 Å². The van der Waals surface area contributed by atoms with Gasteiger partial charge in [-0.3, -0.25) is 9.78 Å². The van der Waals surface area contributed by atoms with Crippen LogP contribution in [0, 0.1) is 12.8 Å². The van der Waals surface area contributed by atoms with Crippen molar-refractivity contribution in [3.63, 3.8) is 0 Å². The zero-order valence-electron chi connectivity index (χ0n) is 17.1. The number of rotatable bonds is 6. The number of carbonyl (C=O) groups excluding carboxylic acids is 1. The third kappa shape index (κ3) is 4.23. The van der Waals surface area contributed by atoms with E-state index in [0.29, 0.717) is 13.0 Å². The molecule has 0 atom stereocenters. The highest BCUT2D eigenvalue weighted by Crippen LogP contribution is 2.26. The van der Waals surface area contributed by atoms with E-state index in [4.69, 9.17) is 5.11 Å². The maximum Gasteiger partial charge on any atom is 0.142 e. The van der Waals surface area contributed by atoms with Gasteiger partial charge in [-0.25, -0.2) is 4.98 Å². The number of aliphatic hydroxyl groups excluding tert-OH is 1. The lowest BCUT2D eigenvalue weighted by Gasteiger charge is -2.30. The Morgan fingerprint density at radius 3 is 2.62 bits per heavy atom. The molecule has 29 heavy (non-hydrogen) atoms. The molecule has 0 amide bonds. The zero-order valence-corrected chi connectivity index (χ0v) is 17.1. The number of imidazole rings is 1. The van der Waals surface area contributed by atoms with Crippen molar-refractivity contribution < 1.29 is 9.90 Å². The van der Waals surface area contributed by atoms with E-state index < -0.39 is 0 Å². The van der Waals surface area contributed by atoms with Crippen molar-refractivity contribution in [2.24, 2.45) is 13.0 Å². The topological polar surface area (TPSA) is 71.2 Å². The van der Waals surface area contributed by atoms with Crippen LogP contribution in [0.5, 0.6) is 0 Å². The third-order valence-corrected chi connectivity index (χ3v) is 6.11. The molecular formula is C23H28N4O2. The Bertz CT molecular complexity index is 1020. The molecule has 6 nitrogen and oxygen atoms in total. The first-order valence-corrected chi connectivity index (χ1v) is 10.3. The number of benzene rings is 1. The van der Waals surface area contributed by atoms with Crippen molar-refractivity contribution in [1.29, 1.82) is 0 Å².